The number of pyridine rings is 1. The molecule has 2 heterocycles. The van der Waals surface area contributed by atoms with Crippen LogP contribution in [0.3, 0.4) is 0 Å². The van der Waals surface area contributed by atoms with Crippen LogP contribution in [0.1, 0.15) is 30.4 Å². The Balaban J connectivity index is 1.44. The average Bonchev–Trinajstić information content (AvgIpc) is 3.34. The minimum absolute atomic E-state index is 0.0356. The van der Waals surface area contributed by atoms with Crippen LogP contribution >= 0.6 is 11.3 Å². The lowest BCUT2D eigenvalue weighted by atomic mass is 9.98. The summed E-state index contributed by atoms with van der Waals surface area (Å²) < 4.78 is 12.6. The van der Waals surface area contributed by atoms with E-state index in [2.05, 4.69) is 34.3 Å². The molecule has 0 saturated heterocycles. The molecule has 0 fully saturated rings. The Labute approximate surface area is 219 Å². The number of benzene rings is 2. The van der Waals surface area contributed by atoms with E-state index in [-0.39, 0.29) is 19.6 Å². The number of aliphatic hydroxyl groups excluding tert-OH is 2. The number of hydrogen-bond donors (Lipinski definition) is 3. The summed E-state index contributed by atoms with van der Waals surface area (Å²) in [7, 11) is 0. The third-order valence-corrected chi connectivity index (χ3v) is 6.67. The number of aliphatic hydroxyl groups is 2. The molecule has 2 aromatic heterocycles. The zero-order chi connectivity index (χ0) is 26.2. The minimum atomic E-state index is -0.904. The number of carboxylic acid groups (broad SMARTS) is 1. The van der Waals surface area contributed by atoms with Gasteiger partial charge >= 0.3 is 5.97 Å². The number of ether oxygens (including phenoxy) is 2. The maximum Gasteiger partial charge on any atom is 0.304 e. The molecule has 4 aromatic rings. The van der Waals surface area contributed by atoms with Gasteiger partial charge in [-0.25, -0.2) is 4.98 Å². The summed E-state index contributed by atoms with van der Waals surface area (Å²) in [6, 6.07) is 17.4. The van der Waals surface area contributed by atoms with Gasteiger partial charge in [0.2, 0.25) is 5.88 Å². The molecule has 0 aliphatic rings. The van der Waals surface area contributed by atoms with Gasteiger partial charge in [0.05, 0.1) is 18.9 Å². The summed E-state index contributed by atoms with van der Waals surface area (Å²) in [5.41, 5.74) is 3.89. The second-order valence-electron chi connectivity index (χ2n) is 8.41. The van der Waals surface area contributed by atoms with E-state index < -0.39 is 18.0 Å². The lowest BCUT2D eigenvalue weighted by Crippen LogP contribution is -2.21. The van der Waals surface area contributed by atoms with Crippen molar-refractivity contribution >= 4 is 27.4 Å². The predicted octanol–water partition coefficient (Wildman–Crippen LogP) is 4.86. The molecule has 0 spiro atoms. The fraction of sp³-hybridized carbons (Fsp3) is 0.241. The Bertz CT molecular complexity index is 1400. The molecular formula is C29H27NO6S. The van der Waals surface area contributed by atoms with Crippen LogP contribution in [-0.2, 0) is 11.4 Å². The van der Waals surface area contributed by atoms with Crippen molar-refractivity contribution in [2.75, 3.05) is 13.2 Å². The van der Waals surface area contributed by atoms with E-state index in [1.807, 2.05) is 30.3 Å². The van der Waals surface area contributed by atoms with E-state index in [0.29, 0.717) is 18.2 Å². The molecule has 3 N–H and O–H groups in total. The van der Waals surface area contributed by atoms with Crippen LogP contribution in [0, 0.1) is 11.8 Å². The average molecular weight is 518 g/mol. The maximum atomic E-state index is 11.1. The fourth-order valence-electron chi connectivity index (χ4n) is 3.81. The van der Waals surface area contributed by atoms with Crippen LogP contribution in [0.25, 0.3) is 21.2 Å². The number of aliphatic carboxylic acids is 1. The lowest BCUT2D eigenvalue weighted by Gasteiger charge is -2.11. The summed E-state index contributed by atoms with van der Waals surface area (Å²) in [6.07, 6.45) is 0.637. The summed E-state index contributed by atoms with van der Waals surface area (Å²) in [4.78, 5) is 15.5. The number of thiophene rings is 1. The molecule has 0 aliphatic heterocycles. The molecule has 8 heteroatoms. The predicted molar refractivity (Wildman–Crippen MR) is 143 cm³/mol. The van der Waals surface area contributed by atoms with E-state index in [9.17, 15) is 9.90 Å². The van der Waals surface area contributed by atoms with Crippen LogP contribution in [0.4, 0.5) is 0 Å². The van der Waals surface area contributed by atoms with Gasteiger partial charge in [-0.3, -0.25) is 4.79 Å². The van der Waals surface area contributed by atoms with Gasteiger partial charge in [-0.15, -0.1) is 17.3 Å². The van der Waals surface area contributed by atoms with Gasteiger partial charge in [-0.2, -0.15) is 0 Å². The summed E-state index contributed by atoms with van der Waals surface area (Å²) >= 11 is 1.67. The van der Waals surface area contributed by atoms with Crippen LogP contribution in [0.15, 0.2) is 66.2 Å². The van der Waals surface area contributed by atoms with Gasteiger partial charge in [0, 0.05) is 27.9 Å². The Morgan fingerprint density at radius 1 is 1.11 bits per heavy atom. The van der Waals surface area contributed by atoms with Crippen molar-refractivity contribution in [1.82, 2.24) is 4.98 Å². The van der Waals surface area contributed by atoms with E-state index in [1.54, 1.807) is 36.6 Å². The van der Waals surface area contributed by atoms with E-state index in [1.165, 1.54) is 0 Å². The van der Waals surface area contributed by atoms with Crippen molar-refractivity contribution in [2.45, 2.75) is 32.0 Å². The quantitative estimate of drug-likeness (QED) is 0.244. The second kappa shape index (κ2) is 12.4. The first kappa shape index (κ1) is 26.2. The van der Waals surface area contributed by atoms with Crippen LogP contribution < -0.4 is 9.47 Å². The van der Waals surface area contributed by atoms with Gasteiger partial charge in [0.15, 0.2) is 0 Å². The molecule has 4 rings (SSSR count). The van der Waals surface area contributed by atoms with Crippen LogP contribution in [0.5, 0.6) is 11.6 Å². The Morgan fingerprint density at radius 3 is 2.59 bits per heavy atom. The molecule has 37 heavy (non-hydrogen) atoms. The smallest absolute Gasteiger partial charge is 0.304 e. The summed E-state index contributed by atoms with van der Waals surface area (Å²) in [5, 5.41) is 30.7. The summed E-state index contributed by atoms with van der Waals surface area (Å²) in [5.74, 6) is 5.47. The van der Waals surface area contributed by atoms with Crippen molar-refractivity contribution < 1.29 is 29.6 Å². The van der Waals surface area contributed by atoms with Crippen molar-refractivity contribution in [3.05, 3.63) is 77.3 Å². The van der Waals surface area contributed by atoms with E-state index in [4.69, 9.17) is 19.7 Å². The Morgan fingerprint density at radius 2 is 1.92 bits per heavy atom. The molecule has 0 bridgehead atoms. The highest BCUT2D eigenvalue weighted by atomic mass is 32.1. The lowest BCUT2D eigenvalue weighted by molar-refractivity contribution is -0.137. The Hall–Kier alpha value is -3.90. The molecule has 0 amide bonds. The van der Waals surface area contributed by atoms with Crippen LogP contribution in [-0.4, -0.2) is 45.6 Å². The first-order valence-corrected chi connectivity index (χ1v) is 12.6. The number of aromatic nitrogens is 1. The van der Waals surface area contributed by atoms with Gasteiger partial charge in [-0.05, 0) is 53.3 Å². The standard InChI is InChI=1S/C29H27NO6S/c1-2-3-21(13-29(33)34)22-7-11-28(30-14-22)36-16-19-4-10-27-25(12-19)26(18-37-27)20-5-8-24(9-6-20)35-17-23(32)15-31/h4-12,14,18,21,23,31-32H,13,15-17H2,1H3,(H,33,34). The van der Waals surface area contributed by atoms with Gasteiger partial charge in [0.1, 0.15) is 25.1 Å². The van der Waals surface area contributed by atoms with Crippen molar-refractivity contribution in [2.24, 2.45) is 0 Å². The zero-order valence-electron chi connectivity index (χ0n) is 20.3. The number of carboxylic acids is 1. The highest BCUT2D eigenvalue weighted by molar-refractivity contribution is 7.17. The largest absolute Gasteiger partial charge is 0.491 e. The topological polar surface area (TPSA) is 109 Å². The summed E-state index contributed by atoms with van der Waals surface area (Å²) in [6.45, 7) is 1.72. The number of hydrogen-bond acceptors (Lipinski definition) is 7. The van der Waals surface area contributed by atoms with E-state index >= 15 is 0 Å². The van der Waals surface area contributed by atoms with Crippen molar-refractivity contribution in [1.29, 1.82) is 0 Å². The highest BCUT2D eigenvalue weighted by Crippen LogP contribution is 2.35. The normalized spacial score (nSPS) is 12.4. The molecule has 2 unspecified atom stereocenters. The SMILES string of the molecule is CC#CC(CC(=O)O)c1ccc(OCc2ccc3scc(-c4ccc(OCC(O)CO)cc4)c3c2)nc1. The van der Waals surface area contributed by atoms with Gasteiger partial charge < -0.3 is 24.8 Å². The molecule has 2 atom stereocenters. The number of carbonyl (C=O) groups is 1. The van der Waals surface area contributed by atoms with Gasteiger partial charge in [-0.1, -0.05) is 30.2 Å². The molecule has 0 aliphatic carbocycles. The first-order chi connectivity index (χ1) is 18.0. The molecule has 0 saturated carbocycles. The minimum Gasteiger partial charge on any atom is -0.491 e. The first-order valence-electron chi connectivity index (χ1n) is 11.7. The maximum absolute atomic E-state index is 11.1. The third kappa shape index (κ3) is 6.86. The van der Waals surface area contributed by atoms with E-state index in [0.717, 1.165) is 32.3 Å². The molecule has 2 aromatic carbocycles. The van der Waals surface area contributed by atoms with Crippen molar-refractivity contribution in [3.63, 3.8) is 0 Å². The van der Waals surface area contributed by atoms with Gasteiger partial charge in [0.25, 0.3) is 0 Å². The number of rotatable bonds is 11. The molecule has 7 nitrogen and oxygen atoms in total. The number of fused-ring (bicyclic) bond motifs is 1. The fourth-order valence-corrected chi connectivity index (χ4v) is 4.76. The molecule has 0 radical (unpaired) electrons. The van der Waals surface area contributed by atoms with Crippen LogP contribution in [0.2, 0.25) is 0 Å². The molecule has 190 valence electrons. The second-order valence-corrected chi connectivity index (χ2v) is 9.33. The molecular weight excluding hydrogens is 490 g/mol. The third-order valence-electron chi connectivity index (χ3n) is 5.70. The van der Waals surface area contributed by atoms with Crippen molar-refractivity contribution in [3.8, 4) is 34.6 Å². The Kier molecular flexibility index (Phi) is 8.75. The number of nitrogens with zero attached hydrogens (tertiary/aromatic N) is 1. The highest BCUT2D eigenvalue weighted by Gasteiger charge is 2.14. The monoisotopic (exact) mass is 517 g/mol. The zero-order valence-corrected chi connectivity index (χ0v) is 21.1.